The van der Waals surface area contributed by atoms with Crippen LogP contribution < -0.4 is 5.32 Å². The van der Waals surface area contributed by atoms with E-state index in [1.807, 2.05) is 18.8 Å². The summed E-state index contributed by atoms with van der Waals surface area (Å²) < 4.78 is 5.64. The summed E-state index contributed by atoms with van der Waals surface area (Å²) in [7, 11) is 3.94. The second-order valence-electron chi connectivity index (χ2n) is 5.47. The van der Waals surface area contributed by atoms with Crippen LogP contribution in [0.4, 0.5) is 0 Å². The number of hydrogen-bond acceptors (Lipinski definition) is 3. The summed E-state index contributed by atoms with van der Waals surface area (Å²) in [5, 5.41) is 3.45. The van der Waals surface area contributed by atoms with E-state index >= 15 is 0 Å². The molecule has 1 heterocycles. The molecule has 5 heteroatoms. The van der Waals surface area contributed by atoms with E-state index in [2.05, 4.69) is 42.4 Å². The Morgan fingerprint density at radius 2 is 2.28 bits per heavy atom. The summed E-state index contributed by atoms with van der Waals surface area (Å²) >= 11 is 1.87. The molecule has 0 bridgehead atoms. The van der Waals surface area contributed by atoms with Crippen LogP contribution >= 0.6 is 11.8 Å². The van der Waals surface area contributed by atoms with Gasteiger partial charge >= 0.3 is 0 Å². The normalized spacial score (nSPS) is 21.2. The van der Waals surface area contributed by atoms with Gasteiger partial charge in [0.25, 0.3) is 0 Å². The molecule has 0 saturated carbocycles. The molecule has 0 aromatic carbocycles. The second-order valence-corrected chi connectivity index (χ2v) is 6.99. The van der Waals surface area contributed by atoms with Crippen LogP contribution in [-0.4, -0.2) is 62.3 Å². The number of nitrogens with one attached hydrogen (secondary N) is 1. The zero-order chi connectivity index (χ0) is 13.6. The molecule has 4 nitrogen and oxygen atoms in total. The average molecular weight is 273 g/mol. The number of ether oxygens (including phenoxy) is 1. The summed E-state index contributed by atoms with van der Waals surface area (Å²) in [6, 6.07) is 0. The van der Waals surface area contributed by atoms with Crippen LogP contribution in [0.1, 0.15) is 20.3 Å². The van der Waals surface area contributed by atoms with Crippen molar-refractivity contribution in [2.24, 2.45) is 10.9 Å². The number of guanidine groups is 1. The Morgan fingerprint density at radius 3 is 2.78 bits per heavy atom. The fourth-order valence-electron chi connectivity index (χ4n) is 1.95. The van der Waals surface area contributed by atoms with Gasteiger partial charge in [0.15, 0.2) is 5.96 Å². The third-order valence-corrected chi connectivity index (χ3v) is 4.60. The van der Waals surface area contributed by atoms with Gasteiger partial charge in [-0.3, -0.25) is 4.99 Å². The average Bonchev–Trinajstić information content (AvgIpc) is 2.82. The minimum absolute atomic E-state index is 0.229. The first-order valence-electron chi connectivity index (χ1n) is 6.53. The zero-order valence-corrected chi connectivity index (χ0v) is 13.1. The van der Waals surface area contributed by atoms with Gasteiger partial charge in [0.2, 0.25) is 0 Å². The van der Waals surface area contributed by atoms with Gasteiger partial charge in [-0.05, 0) is 26.5 Å². The summed E-state index contributed by atoms with van der Waals surface area (Å²) in [4.78, 5) is 6.55. The van der Waals surface area contributed by atoms with Crippen LogP contribution in [0.5, 0.6) is 0 Å². The van der Waals surface area contributed by atoms with Gasteiger partial charge in [-0.15, -0.1) is 0 Å². The minimum Gasteiger partial charge on any atom is -0.381 e. The van der Waals surface area contributed by atoms with Gasteiger partial charge in [-0.1, -0.05) is 0 Å². The molecule has 18 heavy (non-hydrogen) atoms. The van der Waals surface area contributed by atoms with Crippen molar-refractivity contribution in [2.75, 3.05) is 46.7 Å². The van der Waals surface area contributed by atoms with E-state index in [0.29, 0.717) is 5.92 Å². The first kappa shape index (κ1) is 15.6. The second kappa shape index (κ2) is 7.24. The molecule has 0 amide bonds. The monoisotopic (exact) mass is 273 g/mol. The predicted molar refractivity (Wildman–Crippen MR) is 80.5 cm³/mol. The van der Waals surface area contributed by atoms with Crippen LogP contribution in [0.15, 0.2) is 4.99 Å². The number of nitrogens with zero attached hydrogens (tertiary/aromatic N) is 2. The molecule has 0 aromatic rings. The highest BCUT2D eigenvalue weighted by Crippen LogP contribution is 2.19. The maximum Gasteiger partial charge on any atom is 0.193 e. The van der Waals surface area contributed by atoms with Gasteiger partial charge in [0.1, 0.15) is 0 Å². The molecule has 106 valence electrons. The van der Waals surface area contributed by atoms with Gasteiger partial charge < -0.3 is 15.0 Å². The molecule has 0 aromatic heterocycles. The van der Waals surface area contributed by atoms with Crippen LogP contribution in [0.25, 0.3) is 0 Å². The Labute approximate surface area is 116 Å². The van der Waals surface area contributed by atoms with Crippen molar-refractivity contribution in [1.29, 1.82) is 0 Å². The molecule has 1 aliphatic rings. The van der Waals surface area contributed by atoms with E-state index in [1.54, 1.807) is 0 Å². The topological polar surface area (TPSA) is 36.9 Å². The van der Waals surface area contributed by atoms with Gasteiger partial charge in [0, 0.05) is 44.5 Å². The van der Waals surface area contributed by atoms with Crippen LogP contribution in [-0.2, 0) is 4.74 Å². The molecule has 1 unspecified atom stereocenters. The third kappa shape index (κ3) is 5.06. The first-order valence-corrected chi connectivity index (χ1v) is 7.75. The van der Waals surface area contributed by atoms with Crippen molar-refractivity contribution in [3.8, 4) is 0 Å². The molecule has 1 aliphatic heterocycles. The highest BCUT2D eigenvalue weighted by molar-refractivity contribution is 7.99. The fraction of sp³-hybridized carbons (Fsp3) is 0.923. The van der Waals surface area contributed by atoms with E-state index in [4.69, 9.17) is 4.74 Å². The Kier molecular flexibility index (Phi) is 6.29. The highest BCUT2D eigenvalue weighted by Gasteiger charge is 2.21. The summed E-state index contributed by atoms with van der Waals surface area (Å²) in [6.45, 7) is 8.21. The molecule has 0 radical (unpaired) electrons. The predicted octanol–water partition coefficient (Wildman–Crippen LogP) is 1.67. The lowest BCUT2D eigenvalue weighted by Gasteiger charge is -2.28. The summed E-state index contributed by atoms with van der Waals surface area (Å²) in [5.41, 5.74) is 0. The van der Waals surface area contributed by atoms with Crippen molar-refractivity contribution < 1.29 is 4.74 Å². The Bertz CT molecular complexity index is 275. The molecular formula is C13H27N3OS. The largest absolute Gasteiger partial charge is 0.381 e. The van der Waals surface area contributed by atoms with Crippen LogP contribution in [0.2, 0.25) is 0 Å². The van der Waals surface area contributed by atoms with Crippen molar-refractivity contribution >= 4 is 17.7 Å². The number of aliphatic imine (C=N–C) groups is 1. The third-order valence-electron chi connectivity index (χ3n) is 3.35. The lowest BCUT2D eigenvalue weighted by molar-refractivity contribution is 0.181. The lowest BCUT2D eigenvalue weighted by atomic mass is 10.1. The molecule has 1 N–H and O–H groups in total. The van der Waals surface area contributed by atoms with Gasteiger partial charge in [-0.25, -0.2) is 0 Å². The zero-order valence-electron chi connectivity index (χ0n) is 12.3. The molecule has 0 spiro atoms. The number of rotatable bonds is 5. The standard InChI is InChI=1S/C13H27N3OS/c1-13(2,18-5)10-15-12(14-3)16(4)8-11-6-7-17-9-11/h11H,6-10H2,1-5H3,(H,14,15). The summed E-state index contributed by atoms with van der Waals surface area (Å²) in [5.74, 6) is 1.62. The van der Waals surface area contributed by atoms with Crippen LogP contribution in [0, 0.1) is 5.92 Å². The van der Waals surface area contributed by atoms with Crippen LogP contribution in [0.3, 0.4) is 0 Å². The first-order chi connectivity index (χ1) is 8.48. The molecule has 1 fully saturated rings. The Balaban J connectivity index is 2.40. The van der Waals surface area contributed by atoms with Crippen molar-refractivity contribution in [1.82, 2.24) is 10.2 Å². The smallest absolute Gasteiger partial charge is 0.193 e. The molecule has 0 aliphatic carbocycles. The maximum absolute atomic E-state index is 5.41. The van der Waals surface area contributed by atoms with Crippen molar-refractivity contribution in [3.05, 3.63) is 0 Å². The van der Waals surface area contributed by atoms with E-state index in [-0.39, 0.29) is 4.75 Å². The maximum atomic E-state index is 5.41. The Morgan fingerprint density at radius 1 is 1.56 bits per heavy atom. The molecule has 1 rings (SSSR count). The molecule has 1 atom stereocenters. The SMILES string of the molecule is CN=C(NCC(C)(C)SC)N(C)CC1CCOC1. The number of thioether (sulfide) groups is 1. The van der Waals surface area contributed by atoms with Gasteiger partial charge in [-0.2, -0.15) is 11.8 Å². The fourth-order valence-corrected chi connectivity index (χ4v) is 2.17. The van der Waals surface area contributed by atoms with Gasteiger partial charge in [0.05, 0.1) is 6.61 Å². The molecule has 1 saturated heterocycles. The minimum atomic E-state index is 0.229. The van der Waals surface area contributed by atoms with E-state index in [0.717, 1.165) is 38.7 Å². The Hall–Kier alpha value is -0.420. The quantitative estimate of drug-likeness (QED) is 0.611. The van der Waals surface area contributed by atoms with E-state index in [9.17, 15) is 0 Å². The van der Waals surface area contributed by atoms with E-state index < -0.39 is 0 Å². The summed E-state index contributed by atoms with van der Waals surface area (Å²) in [6.07, 6.45) is 3.31. The highest BCUT2D eigenvalue weighted by atomic mass is 32.2. The van der Waals surface area contributed by atoms with E-state index in [1.165, 1.54) is 0 Å². The van der Waals surface area contributed by atoms with Crippen molar-refractivity contribution in [3.63, 3.8) is 0 Å². The molecular weight excluding hydrogens is 246 g/mol. The number of hydrogen-bond donors (Lipinski definition) is 1. The van der Waals surface area contributed by atoms with Crippen molar-refractivity contribution in [2.45, 2.75) is 25.0 Å². The lowest BCUT2D eigenvalue weighted by Crippen LogP contribution is -2.45.